The minimum absolute atomic E-state index is 0.0340. The molecule has 0 bridgehead atoms. The van der Waals surface area contributed by atoms with Gasteiger partial charge in [0.25, 0.3) is 5.91 Å². The number of carboxylic acid groups (broad SMARTS) is 1. The molecule has 0 radical (unpaired) electrons. The van der Waals surface area contributed by atoms with E-state index in [0.717, 1.165) is 28.6 Å². The molecule has 0 aliphatic carbocycles. The van der Waals surface area contributed by atoms with E-state index in [-0.39, 0.29) is 56.1 Å². The second kappa shape index (κ2) is 17.7. The number of nitrogens with one attached hydrogen (secondary N) is 3. The van der Waals surface area contributed by atoms with Crippen LogP contribution in [0, 0.1) is 0 Å². The molecule has 6 N–H and O–H groups in total. The van der Waals surface area contributed by atoms with Gasteiger partial charge in [-0.15, -0.1) is 11.8 Å². The van der Waals surface area contributed by atoms with Gasteiger partial charge in [-0.1, -0.05) is 24.3 Å². The summed E-state index contributed by atoms with van der Waals surface area (Å²) < 4.78 is 11.9. The van der Waals surface area contributed by atoms with Gasteiger partial charge < -0.3 is 30.6 Å². The average Bonchev–Trinajstić information content (AvgIpc) is 3.39. The molecule has 3 aromatic heterocycles. The van der Waals surface area contributed by atoms with Gasteiger partial charge in [0, 0.05) is 44.2 Å². The lowest BCUT2D eigenvalue weighted by molar-refractivity contribution is -0.137. The van der Waals surface area contributed by atoms with E-state index in [1.807, 2.05) is 38.1 Å². The van der Waals surface area contributed by atoms with Crippen LogP contribution in [0.2, 0.25) is 0 Å². The quantitative estimate of drug-likeness (QED) is 0.0541. The van der Waals surface area contributed by atoms with Crippen molar-refractivity contribution in [2.45, 2.75) is 44.9 Å². The Balaban J connectivity index is 1.23. The van der Waals surface area contributed by atoms with E-state index in [2.05, 4.69) is 35.8 Å². The highest BCUT2D eigenvalue weighted by atomic mass is 32.2. The summed E-state index contributed by atoms with van der Waals surface area (Å²) >= 11 is 1.10. The van der Waals surface area contributed by atoms with Crippen LogP contribution in [0.4, 0.5) is 11.6 Å². The number of carbonyl (C=O) groups is 3. The molecule has 0 saturated heterocycles. The van der Waals surface area contributed by atoms with Crippen molar-refractivity contribution in [3.05, 3.63) is 69.8 Å². The molecule has 1 unspecified atom stereocenters. The smallest absolute Gasteiger partial charge is 0.328 e. The first-order chi connectivity index (χ1) is 23.5. The second-order valence-electron chi connectivity index (χ2n) is 11.1. The number of Topliss-reactive ketones (excluding diaryl/α,β-unsaturated/α-hetero) is 1. The molecule has 0 fully saturated rings. The molecule has 0 aliphatic heterocycles. The van der Waals surface area contributed by atoms with Gasteiger partial charge in [0.05, 0.1) is 18.7 Å². The number of pyridine rings is 1. The van der Waals surface area contributed by atoms with Crippen LogP contribution in [0.3, 0.4) is 0 Å². The summed E-state index contributed by atoms with van der Waals surface area (Å²) in [5, 5.41) is 15.5. The third-order valence-electron chi connectivity index (χ3n) is 7.02. The summed E-state index contributed by atoms with van der Waals surface area (Å²) in [5.41, 5.74) is 11.9. The summed E-state index contributed by atoms with van der Waals surface area (Å²) in [4.78, 5) is 64.9. The van der Waals surface area contributed by atoms with E-state index >= 15 is 0 Å². The fourth-order valence-electron chi connectivity index (χ4n) is 4.49. The molecule has 17 heteroatoms. The largest absolute Gasteiger partial charge is 0.480 e. The lowest BCUT2D eigenvalue weighted by atomic mass is 10.0. The standard InChI is InChI=1S/C32H39N9O7S/c1-19(2)39-40-25-11-9-22(17-35-25)29(43)34-12-15-49-24(30(44)45)16-23(42)10-8-20-4-6-21(7-5-20)18-41-28-26(36-32(41)46)27(33)37-31(38-28)48-14-13-47-3/h4-7,9,11,17,24H,8,10,12-16,18H2,1-3H3,(H,34,43)(H,35,40)(H,36,46)(H,44,45)(H2,33,37,38). The number of carbonyl (C=O) groups excluding carboxylic acids is 2. The highest BCUT2D eigenvalue weighted by Crippen LogP contribution is 2.20. The fourth-order valence-corrected chi connectivity index (χ4v) is 5.44. The first kappa shape index (κ1) is 36.5. The summed E-state index contributed by atoms with van der Waals surface area (Å²) in [6.07, 6.45) is 1.89. The van der Waals surface area contributed by atoms with E-state index in [1.54, 1.807) is 19.2 Å². The molecular weight excluding hydrogens is 654 g/mol. The zero-order valence-corrected chi connectivity index (χ0v) is 28.2. The molecule has 4 aromatic rings. The number of aromatic amines is 1. The highest BCUT2D eigenvalue weighted by Gasteiger charge is 2.22. The van der Waals surface area contributed by atoms with E-state index < -0.39 is 16.9 Å². The Morgan fingerprint density at radius 1 is 1.10 bits per heavy atom. The molecular formula is C32H39N9O7S. The van der Waals surface area contributed by atoms with Crippen molar-refractivity contribution in [3.8, 4) is 6.01 Å². The number of aromatic nitrogens is 5. The predicted molar refractivity (Wildman–Crippen MR) is 186 cm³/mol. The van der Waals surface area contributed by atoms with Crippen LogP contribution in [0.25, 0.3) is 11.2 Å². The number of benzene rings is 1. The van der Waals surface area contributed by atoms with Crippen LogP contribution in [-0.4, -0.2) is 90.9 Å². The summed E-state index contributed by atoms with van der Waals surface area (Å²) in [5.74, 6) is -0.699. The maximum absolute atomic E-state index is 12.7. The molecule has 1 aromatic carbocycles. The molecule has 16 nitrogen and oxygen atoms in total. The van der Waals surface area contributed by atoms with Crippen molar-refractivity contribution in [3.63, 3.8) is 0 Å². The van der Waals surface area contributed by atoms with E-state index in [4.69, 9.17) is 15.2 Å². The number of aryl methyl sites for hydroxylation is 1. The Hall–Kier alpha value is -5.29. The highest BCUT2D eigenvalue weighted by molar-refractivity contribution is 8.00. The molecule has 1 amide bonds. The number of nitrogen functional groups attached to an aromatic ring is 1. The van der Waals surface area contributed by atoms with Gasteiger partial charge in [-0.25, -0.2) is 9.78 Å². The van der Waals surface area contributed by atoms with E-state index in [1.165, 1.54) is 10.8 Å². The molecule has 49 heavy (non-hydrogen) atoms. The normalized spacial score (nSPS) is 11.6. The van der Waals surface area contributed by atoms with Crippen molar-refractivity contribution >= 4 is 57.9 Å². The number of imidazole rings is 1. The minimum Gasteiger partial charge on any atom is -0.480 e. The van der Waals surface area contributed by atoms with Gasteiger partial charge in [-0.05, 0) is 43.5 Å². The zero-order valence-electron chi connectivity index (χ0n) is 27.4. The van der Waals surface area contributed by atoms with Gasteiger partial charge in [-0.3, -0.25) is 24.4 Å². The fraction of sp³-hybridized carbons (Fsp3) is 0.375. The molecule has 1 atom stereocenters. The molecule has 0 saturated carbocycles. The van der Waals surface area contributed by atoms with Gasteiger partial charge in [0.1, 0.15) is 29.0 Å². The SMILES string of the molecule is COCCOc1nc(N)c2[nH]c(=O)n(Cc3ccc(CCC(=O)CC(SCCNC(=O)c4ccc(NN=C(C)C)nc4)C(=O)O)cc3)c2n1. The number of amides is 1. The number of nitrogens with zero attached hydrogens (tertiary/aromatic N) is 5. The summed E-state index contributed by atoms with van der Waals surface area (Å²) in [7, 11) is 1.54. The first-order valence-electron chi connectivity index (χ1n) is 15.4. The topological polar surface area (TPSA) is 229 Å². The maximum Gasteiger partial charge on any atom is 0.328 e. The summed E-state index contributed by atoms with van der Waals surface area (Å²) in [6.45, 7) is 4.66. The van der Waals surface area contributed by atoms with Crippen LogP contribution in [-0.2, 0) is 27.3 Å². The number of H-pyrrole nitrogens is 1. The van der Waals surface area contributed by atoms with Crippen LogP contribution < -0.4 is 26.9 Å². The molecule has 0 aliphatic rings. The Kier molecular flexibility index (Phi) is 13.2. The number of ketones is 1. The number of rotatable bonds is 19. The third kappa shape index (κ3) is 10.9. The Labute approximate surface area is 285 Å². The number of hydrazone groups is 1. The Morgan fingerprint density at radius 3 is 2.53 bits per heavy atom. The number of fused-ring (bicyclic) bond motifs is 1. The number of nitrogens with two attached hydrogens (primary N) is 1. The van der Waals surface area contributed by atoms with Crippen molar-refractivity contribution in [2.24, 2.45) is 5.10 Å². The number of ether oxygens (including phenoxy) is 2. The molecule has 260 valence electrons. The monoisotopic (exact) mass is 693 g/mol. The lowest BCUT2D eigenvalue weighted by Gasteiger charge is -2.12. The number of carboxylic acids is 1. The van der Waals surface area contributed by atoms with Crippen LogP contribution in [0.15, 0.2) is 52.5 Å². The molecule has 0 spiro atoms. The maximum atomic E-state index is 12.7. The van der Waals surface area contributed by atoms with Gasteiger partial charge >= 0.3 is 17.7 Å². The summed E-state index contributed by atoms with van der Waals surface area (Å²) in [6, 6.07) is 10.7. The Morgan fingerprint density at radius 2 is 1.86 bits per heavy atom. The zero-order chi connectivity index (χ0) is 35.3. The van der Waals surface area contributed by atoms with Crippen molar-refractivity contribution in [1.29, 1.82) is 0 Å². The third-order valence-corrected chi connectivity index (χ3v) is 8.23. The average molecular weight is 694 g/mol. The van der Waals surface area contributed by atoms with Crippen molar-refractivity contribution < 1.29 is 29.0 Å². The van der Waals surface area contributed by atoms with Gasteiger partial charge in [0.2, 0.25) is 0 Å². The number of hydrogen-bond donors (Lipinski definition) is 5. The van der Waals surface area contributed by atoms with Crippen molar-refractivity contribution in [2.75, 3.05) is 43.8 Å². The lowest BCUT2D eigenvalue weighted by Crippen LogP contribution is -2.28. The number of anilines is 2. The Bertz CT molecular complexity index is 1840. The van der Waals surface area contributed by atoms with Gasteiger partial charge in [-0.2, -0.15) is 15.1 Å². The number of hydrogen-bond acceptors (Lipinski definition) is 13. The van der Waals surface area contributed by atoms with E-state index in [0.29, 0.717) is 41.3 Å². The minimum atomic E-state index is -1.08. The number of methoxy groups -OCH3 is 1. The van der Waals surface area contributed by atoms with Gasteiger partial charge in [0.15, 0.2) is 11.5 Å². The van der Waals surface area contributed by atoms with Crippen LogP contribution in [0.1, 0.15) is 48.2 Å². The van der Waals surface area contributed by atoms with Crippen LogP contribution in [0.5, 0.6) is 6.01 Å². The second-order valence-corrected chi connectivity index (χ2v) is 12.4. The van der Waals surface area contributed by atoms with E-state index in [9.17, 15) is 24.3 Å². The molecule has 3 heterocycles. The predicted octanol–water partition coefficient (Wildman–Crippen LogP) is 2.49. The first-order valence-corrected chi connectivity index (χ1v) is 16.4. The number of thioether (sulfide) groups is 1. The number of aliphatic carboxylic acids is 1. The van der Waals surface area contributed by atoms with Crippen molar-refractivity contribution in [1.82, 2.24) is 29.8 Å². The van der Waals surface area contributed by atoms with Crippen LogP contribution >= 0.6 is 11.8 Å². The molecule has 4 rings (SSSR count).